The van der Waals surface area contributed by atoms with Crippen molar-refractivity contribution >= 4 is 62.1 Å². The molecule has 0 saturated carbocycles. The van der Waals surface area contributed by atoms with E-state index >= 15 is 0 Å². The summed E-state index contributed by atoms with van der Waals surface area (Å²) in [4.78, 5) is 11.5. The van der Waals surface area contributed by atoms with Crippen LogP contribution in [0.3, 0.4) is 0 Å². The van der Waals surface area contributed by atoms with Crippen molar-refractivity contribution in [2.24, 2.45) is 5.73 Å². The van der Waals surface area contributed by atoms with Gasteiger partial charge in [-0.05, 0) is 46.3 Å². The van der Waals surface area contributed by atoms with Gasteiger partial charge in [0, 0.05) is 15.8 Å². The molecule has 0 aliphatic rings. The highest BCUT2D eigenvalue weighted by Gasteiger charge is 2.14. The number of nitrogen functional groups attached to an aromatic ring is 1. The van der Waals surface area contributed by atoms with Gasteiger partial charge >= 0.3 is 0 Å². The minimum atomic E-state index is -0.620. The number of nitrogens with two attached hydrogens (primary N) is 2. The van der Waals surface area contributed by atoms with Gasteiger partial charge in [-0.1, -0.05) is 23.2 Å². The summed E-state index contributed by atoms with van der Waals surface area (Å²) in [6.07, 6.45) is 0. The average Bonchev–Trinajstić information content (AvgIpc) is 2.36. The van der Waals surface area contributed by atoms with Crippen molar-refractivity contribution in [3.63, 3.8) is 0 Å². The normalized spacial score (nSPS) is 10.3. The Morgan fingerprint density at radius 2 is 1.85 bits per heavy atom. The van der Waals surface area contributed by atoms with Crippen LogP contribution in [-0.4, -0.2) is 5.91 Å². The molecule has 20 heavy (non-hydrogen) atoms. The van der Waals surface area contributed by atoms with Gasteiger partial charge in [0.05, 0.1) is 21.3 Å². The van der Waals surface area contributed by atoms with Gasteiger partial charge < -0.3 is 16.8 Å². The molecule has 1 amide bonds. The van der Waals surface area contributed by atoms with E-state index in [1.54, 1.807) is 18.2 Å². The maximum absolute atomic E-state index is 11.5. The van der Waals surface area contributed by atoms with E-state index < -0.39 is 5.91 Å². The maximum Gasteiger partial charge on any atom is 0.250 e. The Morgan fingerprint density at radius 3 is 2.45 bits per heavy atom. The van der Waals surface area contributed by atoms with Gasteiger partial charge in [0.25, 0.3) is 5.91 Å². The van der Waals surface area contributed by atoms with E-state index in [1.165, 1.54) is 12.1 Å². The fourth-order valence-corrected chi connectivity index (χ4v) is 2.37. The minimum Gasteiger partial charge on any atom is -0.399 e. The molecule has 2 rings (SSSR count). The van der Waals surface area contributed by atoms with Gasteiger partial charge in [0.1, 0.15) is 0 Å². The molecule has 4 nitrogen and oxygen atoms in total. The molecule has 0 heterocycles. The molecule has 0 atom stereocenters. The van der Waals surface area contributed by atoms with Crippen LogP contribution in [0.15, 0.2) is 34.8 Å². The zero-order valence-electron chi connectivity index (χ0n) is 10.1. The molecule has 0 unspecified atom stereocenters. The van der Waals surface area contributed by atoms with Gasteiger partial charge in [-0.25, -0.2) is 0 Å². The number of nitrogens with one attached hydrogen (secondary N) is 1. The Labute approximate surface area is 134 Å². The van der Waals surface area contributed by atoms with Crippen LogP contribution in [0, 0.1) is 0 Å². The van der Waals surface area contributed by atoms with Gasteiger partial charge in [-0.15, -0.1) is 0 Å². The number of primary amides is 1. The second-order valence-electron chi connectivity index (χ2n) is 4.04. The van der Waals surface area contributed by atoms with E-state index in [0.717, 1.165) is 4.47 Å². The SMILES string of the molecule is NC(=O)c1cc(N)cc(Cl)c1Nc1ccc(Br)c(Cl)c1. The first-order valence-corrected chi connectivity index (χ1v) is 7.04. The molecule has 0 fully saturated rings. The van der Waals surface area contributed by atoms with E-state index in [0.29, 0.717) is 27.1 Å². The van der Waals surface area contributed by atoms with Crippen LogP contribution in [0.2, 0.25) is 10.0 Å². The molecule has 0 bridgehead atoms. The molecule has 104 valence electrons. The van der Waals surface area contributed by atoms with E-state index in [1.807, 2.05) is 0 Å². The van der Waals surface area contributed by atoms with Crippen molar-refractivity contribution in [1.29, 1.82) is 0 Å². The van der Waals surface area contributed by atoms with Crippen LogP contribution in [0.4, 0.5) is 17.1 Å². The van der Waals surface area contributed by atoms with Crippen molar-refractivity contribution in [3.8, 4) is 0 Å². The zero-order chi connectivity index (χ0) is 14.9. The van der Waals surface area contributed by atoms with E-state index in [2.05, 4.69) is 21.2 Å². The zero-order valence-corrected chi connectivity index (χ0v) is 13.2. The molecule has 0 aliphatic heterocycles. The third kappa shape index (κ3) is 3.17. The Bertz CT molecular complexity index is 692. The highest BCUT2D eigenvalue weighted by atomic mass is 79.9. The molecule has 0 saturated heterocycles. The lowest BCUT2D eigenvalue weighted by molar-refractivity contribution is 0.100. The molecule has 0 spiro atoms. The summed E-state index contributed by atoms with van der Waals surface area (Å²) >= 11 is 15.4. The maximum atomic E-state index is 11.5. The van der Waals surface area contributed by atoms with Crippen LogP contribution >= 0.6 is 39.1 Å². The minimum absolute atomic E-state index is 0.217. The van der Waals surface area contributed by atoms with E-state index in [-0.39, 0.29) is 5.56 Å². The summed E-state index contributed by atoms with van der Waals surface area (Å²) in [5, 5.41) is 3.86. The molecule has 2 aromatic rings. The standard InChI is InChI=1S/C13H10BrCl2N3O/c14-9-2-1-7(5-10(9)15)19-12-8(13(18)20)3-6(17)4-11(12)16/h1-5,19H,17H2,(H2,18,20). The monoisotopic (exact) mass is 373 g/mol. The van der Waals surface area contributed by atoms with Crippen LogP contribution in [0.1, 0.15) is 10.4 Å². The second kappa shape index (κ2) is 5.91. The fraction of sp³-hybridized carbons (Fsp3) is 0. The Morgan fingerprint density at radius 1 is 1.15 bits per heavy atom. The lowest BCUT2D eigenvalue weighted by atomic mass is 10.1. The van der Waals surface area contributed by atoms with Gasteiger partial charge in [0.15, 0.2) is 0 Å². The number of benzene rings is 2. The number of halogens is 3. The summed E-state index contributed by atoms with van der Waals surface area (Å²) in [5.74, 6) is -0.620. The predicted molar refractivity (Wildman–Crippen MR) is 86.8 cm³/mol. The van der Waals surface area contributed by atoms with Crippen molar-refractivity contribution in [2.45, 2.75) is 0 Å². The average molecular weight is 375 g/mol. The first kappa shape index (κ1) is 15.0. The van der Waals surface area contributed by atoms with Crippen molar-refractivity contribution < 1.29 is 4.79 Å². The highest BCUT2D eigenvalue weighted by Crippen LogP contribution is 2.33. The summed E-state index contributed by atoms with van der Waals surface area (Å²) in [6.45, 7) is 0. The number of hydrogen-bond donors (Lipinski definition) is 3. The first-order chi connectivity index (χ1) is 9.38. The van der Waals surface area contributed by atoms with Crippen LogP contribution in [0.25, 0.3) is 0 Å². The fourth-order valence-electron chi connectivity index (χ4n) is 1.67. The van der Waals surface area contributed by atoms with Crippen LogP contribution < -0.4 is 16.8 Å². The van der Waals surface area contributed by atoms with Crippen molar-refractivity contribution in [2.75, 3.05) is 11.1 Å². The van der Waals surface area contributed by atoms with Gasteiger partial charge in [-0.2, -0.15) is 0 Å². The molecule has 7 heteroatoms. The molecule has 2 aromatic carbocycles. The Balaban J connectivity index is 2.47. The number of anilines is 3. The largest absolute Gasteiger partial charge is 0.399 e. The summed E-state index contributed by atoms with van der Waals surface area (Å²) in [6, 6.07) is 8.27. The van der Waals surface area contributed by atoms with Gasteiger partial charge in [-0.3, -0.25) is 4.79 Å². The molecule has 0 aliphatic carbocycles. The number of carbonyl (C=O) groups excluding carboxylic acids is 1. The first-order valence-electron chi connectivity index (χ1n) is 5.49. The van der Waals surface area contributed by atoms with Crippen molar-refractivity contribution in [1.82, 2.24) is 0 Å². The lowest BCUT2D eigenvalue weighted by Gasteiger charge is -2.13. The summed E-state index contributed by atoms with van der Waals surface area (Å²) < 4.78 is 0.767. The quantitative estimate of drug-likeness (QED) is 0.705. The highest BCUT2D eigenvalue weighted by molar-refractivity contribution is 9.10. The smallest absolute Gasteiger partial charge is 0.250 e. The summed E-state index contributed by atoms with van der Waals surface area (Å²) in [7, 11) is 0. The molecule has 0 aromatic heterocycles. The number of rotatable bonds is 3. The Kier molecular flexibility index (Phi) is 4.42. The summed E-state index contributed by atoms with van der Waals surface area (Å²) in [5.41, 5.74) is 12.6. The predicted octanol–water partition coefficient (Wildman–Crippen LogP) is 4.18. The van der Waals surface area contributed by atoms with Crippen LogP contribution in [0.5, 0.6) is 0 Å². The third-order valence-corrected chi connectivity index (χ3v) is 4.10. The number of amides is 1. The lowest BCUT2D eigenvalue weighted by Crippen LogP contribution is -2.14. The number of carbonyl (C=O) groups is 1. The second-order valence-corrected chi connectivity index (χ2v) is 5.71. The van der Waals surface area contributed by atoms with E-state index in [4.69, 9.17) is 34.7 Å². The third-order valence-electron chi connectivity index (χ3n) is 2.57. The Hall–Kier alpha value is -1.43. The van der Waals surface area contributed by atoms with Crippen molar-refractivity contribution in [3.05, 3.63) is 50.4 Å². The topological polar surface area (TPSA) is 81.1 Å². The van der Waals surface area contributed by atoms with Gasteiger partial charge in [0.2, 0.25) is 0 Å². The molecule has 0 radical (unpaired) electrons. The molecule has 5 N–H and O–H groups in total. The van der Waals surface area contributed by atoms with Crippen LogP contribution in [-0.2, 0) is 0 Å². The molecular weight excluding hydrogens is 365 g/mol. The number of hydrogen-bond acceptors (Lipinski definition) is 3. The van der Waals surface area contributed by atoms with E-state index in [9.17, 15) is 4.79 Å². The molecular formula is C13H10BrCl2N3O.